The molecule has 0 saturated carbocycles. The van der Waals surface area contributed by atoms with Crippen molar-refractivity contribution in [1.82, 2.24) is 15.1 Å². The first kappa shape index (κ1) is 27.9. The summed E-state index contributed by atoms with van der Waals surface area (Å²) in [5.41, 5.74) is 0.129. The Morgan fingerprint density at radius 3 is 2.49 bits per heavy atom. The average Bonchev–Trinajstić information content (AvgIpc) is 2.89. The van der Waals surface area contributed by atoms with Crippen LogP contribution in [0.1, 0.15) is 53.9 Å². The van der Waals surface area contributed by atoms with E-state index in [0.29, 0.717) is 25.2 Å². The maximum Gasteiger partial charge on any atom is 0.416 e. The van der Waals surface area contributed by atoms with Crippen LogP contribution >= 0.6 is 0 Å². The summed E-state index contributed by atoms with van der Waals surface area (Å²) in [7, 11) is 1.43. The third kappa shape index (κ3) is 5.25. The van der Waals surface area contributed by atoms with Gasteiger partial charge < -0.3 is 15.1 Å². The lowest BCUT2D eigenvalue weighted by molar-refractivity contribution is -0.137. The van der Waals surface area contributed by atoms with Crippen LogP contribution in [0.4, 0.5) is 23.7 Å². The van der Waals surface area contributed by atoms with E-state index in [0.717, 1.165) is 17.0 Å². The van der Waals surface area contributed by atoms with E-state index in [1.54, 1.807) is 11.0 Å². The molecule has 0 spiro atoms. The highest BCUT2D eigenvalue weighted by molar-refractivity contribution is 6.06. The number of Topliss-reactive ketones (excluding diaryl/α,β-unsaturated/α-hetero) is 1. The smallest absolute Gasteiger partial charge is 0.336 e. The second kappa shape index (κ2) is 10.5. The molecule has 0 aliphatic carbocycles. The van der Waals surface area contributed by atoms with E-state index >= 15 is 0 Å². The van der Waals surface area contributed by atoms with Gasteiger partial charge in [0, 0.05) is 49.6 Å². The molecule has 4 rings (SSSR count). The zero-order valence-electron chi connectivity index (χ0n) is 22.0. The lowest BCUT2D eigenvalue weighted by atomic mass is 9.87. The fraction of sp³-hybridized carbons (Fsp3) is 0.357. The Hall–Kier alpha value is -4.17. The molecule has 1 fully saturated rings. The Labute approximate surface area is 224 Å². The SMILES string of the molecule is CC(=O)C1=C(C)N(c2cccc(C(F)(F)F)c2)C(=O)N(C)C1c1ccc(C#N)cc1C(=O)N1CCNC(C)C1. The van der Waals surface area contributed by atoms with Crippen molar-refractivity contribution in [3.8, 4) is 6.07 Å². The van der Waals surface area contributed by atoms with Crippen LogP contribution in [0, 0.1) is 11.3 Å². The molecule has 8 nitrogen and oxygen atoms in total. The number of rotatable bonds is 4. The van der Waals surface area contributed by atoms with Crippen molar-refractivity contribution >= 4 is 23.4 Å². The van der Waals surface area contributed by atoms with Crippen molar-refractivity contribution in [3.63, 3.8) is 0 Å². The van der Waals surface area contributed by atoms with Gasteiger partial charge in [-0.1, -0.05) is 12.1 Å². The van der Waals surface area contributed by atoms with Crippen LogP contribution in [-0.2, 0) is 11.0 Å². The highest BCUT2D eigenvalue weighted by Gasteiger charge is 2.42. The molecule has 3 amide bonds. The van der Waals surface area contributed by atoms with Crippen LogP contribution in [0.25, 0.3) is 0 Å². The lowest BCUT2D eigenvalue weighted by Gasteiger charge is -2.42. The van der Waals surface area contributed by atoms with Gasteiger partial charge in [0.1, 0.15) is 0 Å². The van der Waals surface area contributed by atoms with Gasteiger partial charge in [-0.2, -0.15) is 18.4 Å². The summed E-state index contributed by atoms with van der Waals surface area (Å²) in [6.07, 6.45) is -4.62. The van der Waals surface area contributed by atoms with Crippen LogP contribution in [-0.4, -0.2) is 60.2 Å². The molecule has 1 saturated heterocycles. The number of hydrogen-bond acceptors (Lipinski definition) is 5. The monoisotopic (exact) mass is 539 g/mol. The maximum atomic E-state index is 13.7. The lowest BCUT2D eigenvalue weighted by Crippen LogP contribution is -2.52. The number of nitriles is 1. The van der Waals surface area contributed by atoms with E-state index in [4.69, 9.17) is 0 Å². The summed E-state index contributed by atoms with van der Waals surface area (Å²) in [4.78, 5) is 44.4. The first-order chi connectivity index (χ1) is 18.3. The van der Waals surface area contributed by atoms with E-state index in [1.165, 1.54) is 50.1 Å². The number of alkyl halides is 3. The summed E-state index contributed by atoms with van der Waals surface area (Å²) in [5, 5.41) is 12.8. The highest BCUT2D eigenvalue weighted by Crippen LogP contribution is 2.41. The van der Waals surface area contributed by atoms with Gasteiger partial charge in [0.2, 0.25) is 0 Å². The molecular weight excluding hydrogens is 511 g/mol. The molecule has 11 heteroatoms. The van der Waals surface area contributed by atoms with E-state index in [1.807, 2.05) is 13.0 Å². The number of carbonyl (C=O) groups is 3. The van der Waals surface area contributed by atoms with Crippen molar-refractivity contribution in [2.45, 2.75) is 39.0 Å². The molecule has 2 unspecified atom stereocenters. The fourth-order valence-corrected chi connectivity index (χ4v) is 5.20. The van der Waals surface area contributed by atoms with Crippen molar-refractivity contribution < 1.29 is 27.6 Å². The first-order valence-electron chi connectivity index (χ1n) is 12.4. The Kier molecular flexibility index (Phi) is 7.52. The van der Waals surface area contributed by atoms with Gasteiger partial charge in [0.15, 0.2) is 5.78 Å². The minimum atomic E-state index is -4.62. The fourth-order valence-electron chi connectivity index (χ4n) is 5.20. The third-order valence-electron chi connectivity index (χ3n) is 7.05. The number of likely N-dealkylation sites (N-methyl/N-ethyl adjacent to an activating group) is 1. The predicted octanol–water partition coefficient (Wildman–Crippen LogP) is 4.49. The van der Waals surface area contributed by atoms with Crippen LogP contribution in [0.2, 0.25) is 0 Å². The van der Waals surface area contributed by atoms with Gasteiger partial charge in [-0.3, -0.25) is 14.5 Å². The standard InChI is InChI=1S/C28H28F3N5O3/c1-16-15-35(11-10-33-16)26(38)23-12-19(14-32)8-9-22(23)25-24(18(3)37)17(2)36(27(39)34(25)4)21-7-5-6-20(13-21)28(29,30)31/h5-9,12-13,16,25,33H,10-11,15H2,1-4H3. The van der Waals surface area contributed by atoms with Crippen LogP contribution in [0.3, 0.4) is 0 Å². The van der Waals surface area contributed by atoms with Crippen molar-refractivity contribution in [2.75, 3.05) is 31.6 Å². The largest absolute Gasteiger partial charge is 0.416 e. The number of nitrogens with one attached hydrogen (secondary N) is 1. The number of anilines is 1. The number of halogens is 3. The first-order valence-corrected chi connectivity index (χ1v) is 12.4. The van der Waals surface area contributed by atoms with Crippen molar-refractivity contribution in [1.29, 1.82) is 5.26 Å². The van der Waals surface area contributed by atoms with Crippen molar-refractivity contribution in [2.24, 2.45) is 0 Å². The molecule has 0 aromatic heterocycles. The highest BCUT2D eigenvalue weighted by atomic mass is 19.4. The number of allylic oxidation sites excluding steroid dienone is 1. The molecule has 2 aliphatic heterocycles. The zero-order chi connectivity index (χ0) is 28.6. The second-order valence-electron chi connectivity index (χ2n) is 9.75. The molecule has 204 valence electrons. The molecule has 0 bridgehead atoms. The summed E-state index contributed by atoms with van der Waals surface area (Å²) in [6, 6.07) is 9.27. The normalized spacial score (nSPS) is 20.3. The van der Waals surface area contributed by atoms with E-state index < -0.39 is 29.6 Å². The van der Waals surface area contributed by atoms with Crippen LogP contribution < -0.4 is 10.2 Å². The molecule has 2 aromatic carbocycles. The third-order valence-corrected chi connectivity index (χ3v) is 7.05. The summed E-state index contributed by atoms with van der Waals surface area (Å²) in [5.74, 6) is -0.746. The van der Waals surface area contributed by atoms with Gasteiger partial charge in [-0.15, -0.1) is 0 Å². The van der Waals surface area contributed by atoms with Gasteiger partial charge in [0.05, 0.1) is 28.9 Å². The summed E-state index contributed by atoms with van der Waals surface area (Å²) in [6.45, 7) is 6.22. The van der Waals surface area contributed by atoms with Gasteiger partial charge in [0.25, 0.3) is 5.91 Å². The van der Waals surface area contributed by atoms with E-state index in [2.05, 4.69) is 5.32 Å². The van der Waals surface area contributed by atoms with Crippen LogP contribution in [0.5, 0.6) is 0 Å². The van der Waals surface area contributed by atoms with Gasteiger partial charge in [-0.25, -0.2) is 4.79 Å². The quantitative estimate of drug-likeness (QED) is 0.618. The number of amides is 3. The second-order valence-corrected chi connectivity index (χ2v) is 9.75. The van der Waals surface area contributed by atoms with Crippen LogP contribution in [0.15, 0.2) is 53.7 Å². The number of urea groups is 1. The summed E-state index contributed by atoms with van der Waals surface area (Å²) < 4.78 is 40.2. The Morgan fingerprint density at radius 1 is 1.15 bits per heavy atom. The van der Waals surface area contributed by atoms with E-state index in [-0.39, 0.29) is 40.0 Å². The molecule has 1 N–H and O–H groups in total. The molecule has 39 heavy (non-hydrogen) atoms. The maximum absolute atomic E-state index is 13.7. The Morgan fingerprint density at radius 2 is 1.87 bits per heavy atom. The number of piperazine rings is 1. The Bertz CT molecular complexity index is 1410. The number of benzene rings is 2. The van der Waals surface area contributed by atoms with Gasteiger partial charge in [-0.05, 0) is 56.7 Å². The minimum absolute atomic E-state index is 0.0395. The molecule has 2 heterocycles. The van der Waals surface area contributed by atoms with Gasteiger partial charge >= 0.3 is 12.2 Å². The number of carbonyl (C=O) groups excluding carboxylic acids is 3. The summed E-state index contributed by atoms with van der Waals surface area (Å²) >= 11 is 0. The molecule has 2 atom stereocenters. The zero-order valence-corrected chi connectivity index (χ0v) is 22.0. The molecular formula is C28H28F3N5O3. The van der Waals surface area contributed by atoms with E-state index in [9.17, 15) is 32.8 Å². The minimum Gasteiger partial charge on any atom is -0.336 e. The molecule has 2 aliphatic rings. The molecule has 0 radical (unpaired) electrons. The number of hydrogen-bond donors (Lipinski definition) is 1. The molecule has 2 aromatic rings. The number of nitrogens with zero attached hydrogens (tertiary/aromatic N) is 4. The topological polar surface area (TPSA) is 96.7 Å². The van der Waals surface area contributed by atoms with Crippen molar-refractivity contribution in [3.05, 3.63) is 76.0 Å². The average molecular weight is 540 g/mol. The predicted molar refractivity (Wildman–Crippen MR) is 138 cm³/mol. The Balaban J connectivity index is 1.88. The number of ketones is 1.